The number of carboxylic acid groups (broad SMARTS) is 1. The lowest BCUT2D eigenvalue weighted by Gasteiger charge is -2.10. The molecule has 2 aromatic heterocycles. The average molecular weight is 389 g/mol. The van der Waals surface area contributed by atoms with Crippen molar-refractivity contribution >= 4 is 5.97 Å². The number of rotatable bonds is 6. The topological polar surface area (TPSA) is 122 Å². The number of aromatic carboxylic acids is 1. The van der Waals surface area contributed by atoms with Crippen molar-refractivity contribution in [2.24, 2.45) is 0 Å². The van der Waals surface area contributed by atoms with Gasteiger partial charge in [-0.05, 0) is 27.1 Å². The van der Waals surface area contributed by atoms with Crippen molar-refractivity contribution in [1.29, 1.82) is 0 Å². The van der Waals surface area contributed by atoms with Crippen LogP contribution in [0, 0.1) is 0 Å². The summed E-state index contributed by atoms with van der Waals surface area (Å²) >= 11 is 0. The zero-order valence-electron chi connectivity index (χ0n) is 15.9. The lowest BCUT2D eigenvalue weighted by atomic mass is 9.98. The summed E-state index contributed by atoms with van der Waals surface area (Å²) in [5.74, 6) is 0.0152. The van der Waals surface area contributed by atoms with Crippen molar-refractivity contribution in [3.05, 3.63) is 65.7 Å². The standard InChI is InChI=1S/C20H19N7O2/c1-12(2)19-21-18(20(28)29)24-27(19)11-13-7-9-14(10-8-13)15-5-3-4-6-16(15)17-22-25-26-23-17/h3-10,12H,11H2,1-2H3,(H,28,29)(H,22,23,25,26). The fourth-order valence-electron chi connectivity index (χ4n) is 3.17. The summed E-state index contributed by atoms with van der Waals surface area (Å²) in [5, 5.41) is 27.4. The summed E-state index contributed by atoms with van der Waals surface area (Å²) in [7, 11) is 0. The summed E-state index contributed by atoms with van der Waals surface area (Å²) in [4.78, 5) is 15.4. The van der Waals surface area contributed by atoms with E-state index in [-0.39, 0.29) is 11.7 Å². The summed E-state index contributed by atoms with van der Waals surface area (Å²) in [6.07, 6.45) is 0. The van der Waals surface area contributed by atoms with E-state index >= 15 is 0 Å². The molecule has 29 heavy (non-hydrogen) atoms. The molecule has 0 unspecified atom stereocenters. The van der Waals surface area contributed by atoms with E-state index in [2.05, 4.69) is 30.7 Å². The van der Waals surface area contributed by atoms with Crippen LogP contribution < -0.4 is 0 Å². The Labute approximate surface area is 166 Å². The Bertz CT molecular complexity index is 1130. The van der Waals surface area contributed by atoms with Crippen LogP contribution in [0.5, 0.6) is 0 Å². The summed E-state index contributed by atoms with van der Waals surface area (Å²) in [6.45, 7) is 4.37. The SMILES string of the molecule is CC(C)c1nc(C(=O)O)nn1Cc1ccc(-c2ccccc2-c2nnn[nH]2)cc1. The molecule has 0 fully saturated rings. The number of hydrogen-bond acceptors (Lipinski definition) is 6. The Kier molecular flexibility index (Phi) is 4.86. The number of aromatic nitrogens is 7. The summed E-state index contributed by atoms with van der Waals surface area (Å²) in [5.41, 5.74) is 3.94. The Balaban J connectivity index is 1.63. The normalized spacial score (nSPS) is 11.1. The zero-order chi connectivity index (χ0) is 20.4. The van der Waals surface area contributed by atoms with Gasteiger partial charge in [0.05, 0.1) is 6.54 Å². The van der Waals surface area contributed by atoms with Gasteiger partial charge in [-0.3, -0.25) is 0 Å². The molecule has 0 radical (unpaired) electrons. The average Bonchev–Trinajstić information content (AvgIpc) is 3.39. The van der Waals surface area contributed by atoms with Crippen molar-refractivity contribution in [3.63, 3.8) is 0 Å². The van der Waals surface area contributed by atoms with Crippen LogP contribution in [0.4, 0.5) is 0 Å². The van der Waals surface area contributed by atoms with E-state index in [1.165, 1.54) is 0 Å². The van der Waals surface area contributed by atoms with Crippen LogP contribution in [0.2, 0.25) is 0 Å². The van der Waals surface area contributed by atoms with Gasteiger partial charge in [-0.1, -0.05) is 62.4 Å². The molecule has 0 amide bonds. The van der Waals surface area contributed by atoms with Gasteiger partial charge in [0.2, 0.25) is 0 Å². The zero-order valence-corrected chi connectivity index (χ0v) is 15.9. The Morgan fingerprint density at radius 3 is 2.45 bits per heavy atom. The van der Waals surface area contributed by atoms with Crippen molar-refractivity contribution < 1.29 is 9.90 Å². The van der Waals surface area contributed by atoms with E-state index in [9.17, 15) is 9.90 Å². The maximum Gasteiger partial charge on any atom is 0.375 e. The van der Waals surface area contributed by atoms with Crippen LogP contribution >= 0.6 is 0 Å². The van der Waals surface area contributed by atoms with Crippen molar-refractivity contribution in [2.75, 3.05) is 0 Å². The molecule has 2 heterocycles. The fourth-order valence-corrected chi connectivity index (χ4v) is 3.17. The smallest absolute Gasteiger partial charge is 0.375 e. The number of carboxylic acids is 1. The second kappa shape index (κ2) is 7.63. The van der Waals surface area contributed by atoms with Gasteiger partial charge in [0.1, 0.15) is 5.82 Å². The van der Waals surface area contributed by atoms with Gasteiger partial charge >= 0.3 is 5.97 Å². The fraction of sp³-hybridized carbons (Fsp3) is 0.200. The number of nitrogens with one attached hydrogen (secondary N) is 1. The second-order valence-electron chi connectivity index (χ2n) is 6.90. The molecular weight excluding hydrogens is 370 g/mol. The molecule has 0 aliphatic carbocycles. The molecule has 4 rings (SSSR count). The first kappa shape index (κ1) is 18.5. The molecule has 9 nitrogen and oxygen atoms in total. The van der Waals surface area contributed by atoms with Gasteiger partial charge in [0.15, 0.2) is 5.82 Å². The highest BCUT2D eigenvalue weighted by molar-refractivity contribution is 5.83. The van der Waals surface area contributed by atoms with Crippen LogP contribution in [0.25, 0.3) is 22.5 Å². The quantitative estimate of drug-likeness (QED) is 0.520. The van der Waals surface area contributed by atoms with E-state index in [0.29, 0.717) is 18.2 Å². The highest BCUT2D eigenvalue weighted by Crippen LogP contribution is 2.29. The highest BCUT2D eigenvalue weighted by Gasteiger charge is 2.18. The number of hydrogen-bond donors (Lipinski definition) is 2. The van der Waals surface area contributed by atoms with E-state index in [1.54, 1.807) is 4.68 Å². The first-order valence-corrected chi connectivity index (χ1v) is 9.13. The molecule has 0 saturated heterocycles. The molecule has 4 aromatic rings. The van der Waals surface area contributed by atoms with E-state index in [1.807, 2.05) is 62.4 Å². The first-order valence-electron chi connectivity index (χ1n) is 9.13. The Morgan fingerprint density at radius 2 is 1.83 bits per heavy atom. The Morgan fingerprint density at radius 1 is 1.10 bits per heavy atom. The van der Waals surface area contributed by atoms with Gasteiger partial charge in [0.25, 0.3) is 5.82 Å². The maximum absolute atomic E-state index is 11.2. The molecule has 0 atom stereocenters. The Hall–Kier alpha value is -3.88. The van der Waals surface area contributed by atoms with Crippen LogP contribution in [-0.4, -0.2) is 46.5 Å². The number of carbonyl (C=O) groups is 1. The first-order chi connectivity index (χ1) is 14.0. The van der Waals surface area contributed by atoms with E-state index in [0.717, 1.165) is 22.3 Å². The molecule has 2 aromatic carbocycles. The monoisotopic (exact) mass is 389 g/mol. The van der Waals surface area contributed by atoms with Crippen LogP contribution in [0.3, 0.4) is 0 Å². The number of aromatic amines is 1. The van der Waals surface area contributed by atoms with Crippen LogP contribution in [-0.2, 0) is 6.54 Å². The minimum absolute atomic E-state index is 0.0669. The molecule has 0 bridgehead atoms. The van der Waals surface area contributed by atoms with E-state index < -0.39 is 5.97 Å². The van der Waals surface area contributed by atoms with Gasteiger partial charge in [-0.25, -0.2) is 19.6 Å². The number of nitrogens with zero attached hydrogens (tertiary/aromatic N) is 6. The van der Waals surface area contributed by atoms with Gasteiger partial charge in [0, 0.05) is 11.5 Å². The van der Waals surface area contributed by atoms with Gasteiger partial charge < -0.3 is 5.11 Å². The number of H-pyrrole nitrogens is 1. The number of tetrazole rings is 1. The van der Waals surface area contributed by atoms with E-state index in [4.69, 9.17) is 0 Å². The molecular formula is C20H19N7O2. The lowest BCUT2D eigenvalue weighted by molar-refractivity contribution is 0.0683. The third-order valence-corrected chi connectivity index (χ3v) is 4.53. The minimum atomic E-state index is -1.13. The van der Waals surface area contributed by atoms with Gasteiger partial charge in [-0.15, -0.1) is 10.2 Å². The van der Waals surface area contributed by atoms with Gasteiger partial charge in [-0.2, -0.15) is 0 Å². The second-order valence-corrected chi connectivity index (χ2v) is 6.90. The van der Waals surface area contributed by atoms with Crippen molar-refractivity contribution in [1.82, 2.24) is 35.4 Å². The van der Waals surface area contributed by atoms with Crippen molar-refractivity contribution in [2.45, 2.75) is 26.3 Å². The number of benzene rings is 2. The predicted molar refractivity (Wildman–Crippen MR) is 105 cm³/mol. The minimum Gasteiger partial charge on any atom is -0.475 e. The maximum atomic E-state index is 11.2. The third-order valence-electron chi connectivity index (χ3n) is 4.53. The third kappa shape index (κ3) is 3.75. The molecule has 0 saturated carbocycles. The molecule has 0 aliphatic heterocycles. The predicted octanol–water partition coefficient (Wildman–Crippen LogP) is 3.00. The molecule has 9 heteroatoms. The molecule has 0 spiro atoms. The summed E-state index contributed by atoms with van der Waals surface area (Å²) in [6, 6.07) is 15.9. The molecule has 0 aliphatic rings. The highest BCUT2D eigenvalue weighted by atomic mass is 16.4. The molecule has 2 N–H and O–H groups in total. The largest absolute Gasteiger partial charge is 0.475 e. The van der Waals surface area contributed by atoms with Crippen LogP contribution in [0.15, 0.2) is 48.5 Å². The summed E-state index contributed by atoms with van der Waals surface area (Å²) < 4.78 is 1.65. The van der Waals surface area contributed by atoms with Crippen LogP contribution in [0.1, 0.15) is 41.8 Å². The molecule has 146 valence electrons. The van der Waals surface area contributed by atoms with Crippen molar-refractivity contribution in [3.8, 4) is 22.5 Å². The lowest BCUT2D eigenvalue weighted by Crippen LogP contribution is -2.08.